The van der Waals surface area contributed by atoms with E-state index >= 15 is 0 Å². The molecule has 0 heterocycles. The van der Waals surface area contributed by atoms with Crippen molar-refractivity contribution in [3.05, 3.63) is 62.3 Å². The van der Waals surface area contributed by atoms with Gasteiger partial charge in [-0.2, -0.15) is 5.26 Å². The second-order valence-corrected chi connectivity index (χ2v) is 5.76. The number of benzene rings is 2. The fourth-order valence-electron chi connectivity index (χ4n) is 1.67. The Kier molecular flexibility index (Phi) is 4.56. The van der Waals surface area contributed by atoms with Crippen LogP contribution in [0.5, 0.6) is 0 Å². The first kappa shape index (κ1) is 14.0. The van der Waals surface area contributed by atoms with Crippen molar-refractivity contribution < 1.29 is 4.39 Å². The molecule has 0 fully saturated rings. The van der Waals surface area contributed by atoms with E-state index in [9.17, 15) is 4.39 Å². The van der Waals surface area contributed by atoms with Crippen LogP contribution in [-0.2, 0) is 6.54 Å². The van der Waals surface area contributed by atoms with Gasteiger partial charge in [-0.3, -0.25) is 0 Å². The lowest BCUT2D eigenvalue weighted by atomic mass is 10.1. The first-order valence-electron chi connectivity index (χ1n) is 5.47. The van der Waals surface area contributed by atoms with Crippen LogP contribution in [0.25, 0.3) is 0 Å². The molecule has 0 bridgehead atoms. The molecule has 0 spiro atoms. The van der Waals surface area contributed by atoms with Crippen LogP contribution in [-0.4, -0.2) is 0 Å². The first-order valence-corrected chi connectivity index (χ1v) is 7.05. The predicted octanol–water partition coefficient (Wildman–Crippen LogP) is 4.83. The number of rotatable bonds is 3. The monoisotopic (exact) mass is 382 g/mol. The van der Waals surface area contributed by atoms with E-state index in [2.05, 4.69) is 43.2 Å². The van der Waals surface area contributed by atoms with Crippen molar-refractivity contribution in [3.8, 4) is 6.07 Å². The summed E-state index contributed by atoms with van der Waals surface area (Å²) in [6, 6.07) is 12.2. The van der Waals surface area contributed by atoms with Crippen molar-refractivity contribution >= 4 is 37.5 Å². The van der Waals surface area contributed by atoms with Crippen molar-refractivity contribution in [2.24, 2.45) is 0 Å². The average molecular weight is 384 g/mol. The van der Waals surface area contributed by atoms with Gasteiger partial charge in [0, 0.05) is 15.5 Å². The van der Waals surface area contributed by atoms with E-state index in [0.717, 1.165) is 15.7 Å². The number of hydrogen-bond donors (Lipinski definition) is 1. The van der Waals surface area contributed by atoms with Crippen LogP contribution in [0.4, 0.5) is 10.1 Å². The highest BCUT2D eigenvalue weighted by Gasteiger charge is 2.04. The molecule has 0 aliphatic carbocycles. The van der Waals surface area contributed by atoms with Crippen molar-refractivity contribution in [1.29, 1.82) is 5.26 Å². The summed E-state index contributed by atoms with van der Waals surface area (Å²) >= 11 is 6.57. The van der Waals surface area contributed by atoms with Gasteiger partial charge >= 0.3 is 0 Å². The number of nitrogens with one attached hydrogen (secondary N) is 1. The molecular formula is C14H9Br2FN2. The maximum atomic E-state index is 13.2. The lowest BCUT2D eigenvalue weighted by Crippen LogP contribution is -2.01. The van der Waals surface area contributed by atoms with Crippen LogP contribution in [0.15, 0.2) is 45.3 Å². The summed E-state index contributed by atoms with van der Waals surface area (Å²) in [6.07, 6.45) is 0. The van der Waals surface area contributed by atoms with Gasteiger partial charge in [0.1, 0.15) is 11.9 Å². The predicted molar refractivity (Wildman–Crippen MR) is 80.3 cm³/mol. The summed E-state index contributed by atoms with van der Waals surface area (Å²) < 4.78 is 14.8. The summed E-state index contributed by atoms with van der Waals surface area (Å²) in [6.45, 7) is 0.451. The summed E-state index contributed by atoms with van der Waals surface area (Å²) in [7, 11) is 0. The van der Waals surface area contributed by atoms with Crippen LogP contribution in [0.1, 0.15) is 11.1 Å². The van der Waals surface area contributed by atoms with Crippen molar-refractivity contribution in [1.82, 2.24) is 0 Å². The number of nitriles is 1. The maximum Gasteiger partial charge on any atom is 0.124 e. The zero-order valence-corrected chi connectivity index (χ0v) is 12.9. The molecule has 0 radical (unpaired) electrons. The molecule has 0 unspecified atom stereocenters. The summed E-state index contributed by atoms with van der Waals surface area (Å²) in [4.78, 5) is 0. The fraction of sp³-hybridized carbons (Fsp3) is 0.0714. The van der Waals surface area contributed by atoms with E-state index in [4.69, 9.17) is 5.26 Å². The molecule has 5 heteroatoms. The van der Waals surface area contributed by atoms with E-state index in [1.807, 2.05) is 18.2 Å². The zero-order valence-electron chi connectivity index (χ0n) is 9.75. The van der Waals surface area contributed by atoms with E-state index in [0.29, 0.717) is 16.6 Å². The van der Waals surface area contributed by atoms with Gasteiger partial charge in [-0.25, -0.2) is 4.39 Å². The van der Waals surface area contributed by atoms with Gasteiger partial charge in [-0.15, -0.1) is 0 Å². The highest BCUT2D eigenvalue weighted by Crippen LogP contribution is 2.22. The maximum absolute atomic E-state index is 13.2. The normalized spacial score (nSPS) is 10.0. The Labute approximate surface area is 127 Å². The van der Waals surface area contributed by atoms with Gasteiger partial charge in [-0.05, 0) is 42.0 Å². The lowest BCUT2D eigenvalue weighted by Gasteiger charge is -2.09. The SMILES string of the molecule is N#Cc1cc(Br)ccc1NCc1cc(F)cc(Br)c1. The van der Waals surface area contributed by atoms with E-state index in [-0.39, 0.29) is 5.82 Å². The Morgan fingerprint density at radius 1 is 1.11 bits per heavy atom. The van der Waals surface area contributed by atoms with Crippen molar-refractivity contribution in [2.75, 3.05) is 5.32 Å². The third kappa shape index (κ3) is 3.79. The molecule has 19 heavy (non-hydrogen) atoms. The second kappa shape index (κ2) is 6.18. The highest BCUT2D eigenvalue weighted by molar-refractivity contribution is 9.10. The third-order valence-electron chi connectivity index (χ3n) is 2.51. The van der Waals surface area contributed by atoms with Gasteiger partial charge in [0.15, 0.2) is 0 Å². The summed E-state index contributed by atoms with van der Waals surface area (Å²) in [5.41, 5.74) is 2.08. The third-order valence-corrected chi connectivity index (χ3v) is 3.46. The molecule has 0 atom stereocenters. The second-order valence-electron chi connectivity index (χ2n) is 3.93. The van der Waals surface area contributed by atoms with Crippen LogP contribution in [0, 0.1) is 17.1 Å². The highest BCUT2D eigenvalue weighted by atomic mass is 79.9. The van der Waals surface area contributed by atoms with E-state index < -0.39 is 0 Å². The summed E-state index contributed by atoms with van der Waals surface area (Å²) in [5.74, 6) is -0.289. The molecule has 2 aromatic carbocycles. The van der Waals surface area contributed by atoms with Gasteiger partial charge in [-0.1, -0.05) is 31.9 Å². The molecule has 0 saturated carbocycles. The Balaban J connectivity index is 2.17. The molecule has 0 aliphatic heterocycles. The molecular weight excluding hydrogens is 375 g/mol. The molecule has 0 amide bonds. The van der Waals surface area contributed by atoms with Gasteiger partial charge < -0.3 is 5.32 Å². The van der Waals surface area contributed by atoms with Crippen molar-refractivity contribution in [2.45, 2.75) is 6.54 Å². The van der Waals surface area contributed by atoms with Crippen LogP contribution in [0.2, 0.25) is 0 Å². The van der Waals surface area contributed by atoms with E-state index in [1.165, 1.54) is 12.1 Å². The fourth-order valence-corrected chi connectivity index (χ4v) is 2.55. The number of halogens is 3. The van der Waals surface area contributed by atoms with Crippen LogP contribution in [0.3, 0.4) is 0 Å². The zero-order chi connectivity index (χ0) is 13.8. The molecule has 0 aliphatic rings. The number of nitrogens with zero attached hydrogens (tertiary/aromatic N) is 1. The Hall–Kier alpha value is -1.38. The Bertz CT molecular complexity index is 630. The van der Waals surface area contributed by atoms with Gasteiger partial charge in [0.25, 0.3) is 0 Å². The minimum Gasteiger partial charge on any atom is -0.380 e. The lowest BCUT2D eigenvalue weighted by molar-refractivity contribution is 0.625. The number of anilines is 1. The smallest absolute Gasteiger partial charge is 0.124 e. The topological polar surface area (TPSA) is 35.8 Å². The van der Waals surface area contributed by atoms with Crippen LogP contribution >= 0.6 is 31.9 Å². The van der Waals surface area contributed by atoms with Gasteiger partial charge in [0.2, 0.25) is 0 Å². The van der Waals surface area contributed by atoms with Gasteiger partial charge in [0.05, 0.1) is 11.3 Å². The quantitative estimate of drug-likeness (QED) is 0.823. The molecule has 1 N–H and O–H groups in total. The van der Waals surface area contributed by atoms with Crippen molar-refractivity contribution in [3.63, 3.8) is 0 Å². The van der Waals surface area contributed by atoms with Crippen LogP contribution < -0.4 is 5.32 Å². The van der Waals surface area contributed by atoms with E-state index in [1.54, 1.807) is 6.07 Å². The molecule has 2 rings (SSSR count). The average Bonchev–Trinajstić information content (AvgIpc) is 2.36. The minimum absolute atomic E-state index is 0.289. The molecule has 96 valence electrons. The number of hydrogen-bond acceptors (Lipinski definition) is 2. The standard InChI is InChI=1S/C14H9Br2FN2/c15-11-1-2-14(10(5-11)7-18)19-8-9-3-12(16)6-13(17)4-9/h1-6,19H,8H2. The molecule has 2 nitrogen and oxygen atoms in total. The molecule has 2 aromatic rings. The molecule has 0 saturated heterocycles. The largest absolute Gasteiger partial charge is 0.380 e. The molecule has 0 aromatic heterocycles. The Morgan fingerprint density at radius 2 is 1.89 bits per heavy atom. The Morgan fingerprint density at radius 3 is 2.58 bits per heavy atom. The first-order chi connectivity index (χ1) is 9.08. The minimum atomic E-state index is -0.289. The summed E-state index contributed by atoms with van der Waals surface area (Å²) in [5, 5.41) is 12.2.